The fourth-order valence-electron chi connectivity index (χ4n) is 4.30. The van der Waals surface area contributed by atoms with Gasteiger partial charge < -0.3 is 10.6 Å². The van der Waals surface area contributed by atoms with Crippen molar-refractivity contribution >= 4 is 65.1 Å². The summed E-state index contributed by atoms with van der Waals surface area (Å²) in [5, 5.41) is 15.7. The molecule has 4 N–H and O–H groups in total. The van der Waals surface area contributed by atoms with Gasteiger partial charge >= 0.3 is 0 Å². The number of fused-ring (bicyclic) bond motifs is 1. The topological polar surface area (TPSA) is 158 Å². The molecule has 0 saturated carbocycles. The van der Waals surface area contributed by atoms with Crippen molar-refractivity contribution in [1.82, 2.24) is 0 Å². The lowest BCUT2D eigenvalue weighted by atomic mass is 10.1. The molecular weight excluding hydrogens is 564 g/mol. The van der Waals surface area contributed by atoms with Gasteiger partial charge in [0.05, 0.1) is 16.3 Å². The highest BCUT2D eigenvalue weighted by Gasteiger charge is 2.19. The number of aryl methyl sites for hydroxylation is 1. The molecule has 0 unspecified atom stereocenters. The molecule has 0 radical (unpaired) electrons. The van der Waals surface area contributed by atoms with Crippen LogP contribution in [0.1, 0.15) is 5.56 Å². The Bertz CT molecular complexity index is 2010. The number of azo groups is 1. The average molecular weight is 589 g/mol. The van der Waals surface area contributed by atoms with E-state index < -0.39 is 20.2 Å². The predicted octanol–water partition coefficient (Wildman–Crippen LogP) is 7.54. The second kappa shape index (κ2) is 11.1. The van der Waals surface area contributed by atoms with Crippen LogP contribution in [0.2, 0.25) is 0 Å². The Morgan fingerprint density at radius 1 is 0.634 bits per heavy atom. The van der Waals surface area contributed by atoms with Crippen LogP contribution < -0.4 is 10.6 Å². The normalized spacial score (nSPS) is 12.1. The van der Waals surface area contributed by atoms with Gasteiger partial charge in [0.25, 0.3) is 20.2 Å². The maximum absolute atomic E-state index is 12.3. The van der Waals surface area contributed by atoms with E-state index in [2.05, 4.69) is 20.9 Å². The second-order valence-electron chi connectivity index (χ2n) is 9.10. The lowest BCUT2D eigenvalue weighted by Crippen LogP contribution is -2.03. The van der Waals surface area contributed by atoms with Crippen molar-refractivity contribution in [3.05, 3.63) is 109 Å². The van der Waals surface area contributed by atoms with Crippen LogP contribution in [-0.2, 0) is 20.2 Å². The summed E-state index contributed by atoms with van der Waals surface area (Å²) in [6.07, 6.45) is 0. The Kier molecular flexibility index (Phi) is 7.56. The first-order valence-electron chi connectivity index (χ1n) is 12.2. The number of hydrogen-bond donors (Lipinski definition) is 4. The Morgan fingerprint density at radius 3 is 2.05 bits per heavy atom. The maximum Gasteiger partial charge on any atom is 0.295 e. The minimum atomic E-state index is -4.52. The zero-order valence-corrected chi connectivity index (χ0v) is 23.2. The van der Waals surface area contributed by atoms with Crippen LogP contribution >= 0.6 is 0 Å². The standard InChI is InChI=1S/C29H24N4O6S2/c1-19-17-21(13-14-25(19)33-32-22-9-5-10-23(18-22)40(34,35)36)31-26-15-16-27(30-20-7-3-2-4-8-20)29-24(26)11-6-12-28(29)41(37,38)39/h2-18,30-31H,1H3,(H,34,35,36)(H,37,38,39). The van der Waals surface area contributed by atoms with Gasteiger partial charge in [0.2, 0.25) is 0 Å². The van der Waals surface area contributed by atoms with Crippen LogP contribution in [0, 0.1) is 6.92 Å². The van der Waals surface area contributed by atoms with E-state index in [1.807, 2.05) is 49.4 Å². The molecule has 0 aliphatic heterocycles. The number of hydrogen-bond acceptors (Lipinski definition) is 8. The van der Waals surface area contributed by atoms with Crippen molar-refractivity contribution in [3.8, 4) is 0 Å². The summed E-state index contributed by atoms with van der Waals surface area (Å²) >= 11 is 0. The lowest BCUT2D eigenvalue weighted by molar-refractivity contribution is 0.481. The summed E-state index contributed by atoms with van der Waals surface area (Å²) < 4.78 is 66.5. The Labute approximate surface area is 236 Å². The number of para-hydroxylation sites is 1. The predicted molar refractivity (Wildman–Crippen MR) is 158 cm³/mol. The number of benzene rings is 5. The molecule has 0 heterocycles. The molecule has 5 aromatic carbocycles. The molecule has 5 rings (SSSR count). The zero-order valence-electron chi connectivity index (χ0n) is 21.6. The number of rotatable bonds is 8. The lowest BCUT2D eigenvalue weighted by Gasteiger charge is -2.17. The number of nitrogens with one attached hydrogen (secondary N) is 2. The minimum Gasteiger partial charge on any atom is -0.355 e. The van der Waals surface area contributed by atoms with E-state index in [9.17, 15) is 25.9 Å². The Balaban J connectivity index is 1.48. The summed E-state index contributed by atoms with van der Waals surface area (Å²) in [4.78, 5) is -0.498. The van der Waals surface area contributed by atoms with E-state index in [4.69, 9.17) is 0 Å². The van der Waals surface area contributed by atoms with Crippen molar-refractivity contribution < 1.29 is 25.9 Å². The monoisotopic (exact) mass is 588 g/mol. The molecule has 41 heavy (non-hydrogen) atoms. The van der Waals surface area contributed by atoms with Crippen LogP contribution in [-0.4, -0.2) is 25.9 Å². The van der Waals surface area contributed by atoms with Crippen LogP contribution in [0.3, 0.4) is 0 Å². The third-order valence-corrected chi connectivity index (χ3v) is 7.94. The largest absolute Gasteiger partial charge is 0.355 e. The van der Waals surface area contributed by atoms with E-state index in [1.54, 1.807) is 36.4 Å². The highest BCUT2D eigenvalue weighted by atomic mass is 32.2. The Morgan fingerprint density at radius 2 is 1.34 bits per heavy atom. The van der Waals surface area contributed by atoms with Crippen molar-refractivity contribution in [3.63, 3.8) is 0 Å². The van der Waals surface area contributed by atoms with Gasteiger partial charge in [0.15, 0.2) is 0 Å². The quantitative estimate of drug-likeness (QED) is 0.107. The molecule has 0 atom stereocenters. The van der Waals surface area contributed by atoms with Gasteiger partial charge in [0, 0.05) is 33.5 Å². The summed E-state index contributed by atoms with van der Waals surface area (Å²) in [5.41, 5.74) is 4.12. The first-order chi connectivity index (χ1) is 19.5. The fraction of sp³-hybridized carbons (Fsp3) is 0.0345. The summed E-state index contributed by atoms with van der Waals surface area (Å²) in [7, 11) is -8.88. The highest BCUT2D eigenvalue weighted by Crippen LogP contribution is 2.38. The van der Waals surface area contributed by atoms with Crippen molar-refractivity contribution in [2.75, 3.05) is 10.6 Å². The molecule has 0 saturated heterocycles. The summed E-state index contributed by atoms with van der Waals surface area (Å²) in [6, 6.07) is 28.3. The van der Waals surface area contributed by atoms with Gasteiger partial charge in [-0.15, -0.1) is 0 Å². The van der Waals surface area contributed by atoms with Crippen molar-refractivity contribution in [1.29, 1.82) is 0 Å². The number of nitrogens with zero attached hydrogens (tertiary/aromatic N) is 2. The molecule has 0 aliphatic rings. The van der Waals surface area contributed by atoms with Crippen LogP contribution in [0.15, 0.2) is 123 Å². The molecule has 0 aliphatic carbocycles. The molecule has 5 aromatic rings. The smallest absolute Gasteiger partial charge is 0.295 e. The minimum absolute atomic E-state index is 0.220. The first-order valence-corrected chi connectivity index (χ1v) is 15.1. The zero-order chi connectivity index (χ0) is 29.2. The van der Waals surface area contributed by atoms with Gasteiger partial charge in [-0.2, -0.15) is 27.1 Å². The average Bonchev–Trinajstić information content (AvgIpc) is 2.93. The van der Waals surface area contributed by atoms with Crippen molar-refractivity contribution in [2.24, 2.45) is 10.2 Å². The van der Waals surface area contributed by atoms with Gasteiger partial charge in [-0.3, -0.25) is 9.11 Å². The molecule has 0 fully saturated rings. The van der Waals surface area contributed by atoms with Gasteiger partial charge in [-0.05, 0) is 79.2 Å². The molecule has 12 heteroatoms. The SMILES string of the molecule is Cc1cc(Nc2ccc(Nc3ccccc3)c3c(S(=O)(=O)O)cccc23)ccc1N=Nc1cccc(S(=O)(=O)O)c1. The number of anilines is 4. The first kappa shape index (κ1) is 27.9. The van der Waals surface area contributed by atoms with E-state index in [1.165, 1.54) is 24.3 Å². The fourth-order valence-corrected chi connectivity index (χ4v) is 5.55. The van der Waals surface area contributed by atoms with E-state index in [0.717, 1.165) is 11.3 Å². The van der Waals surface area contributed by atoms with Gasteiger partial charge in [0.1, 0.15) is 4.90 Å². The van der Waals surface area contributed by atoms with E-state index in [-0.39, 0.29) is 15.5 Å². The molecule has 10 nitrogen and oxygen atoms in total. The maximum atomic E-state index is 12.3. The molecule has 0 spiro atoms. The van der Waals surface area contributed by atoms with Crippen LogP contribution in [0.25, 0.3) is 10.8 Å². The van der Waals surface area contributed by atoms with Crippen LogP contribution in [0.4, 0.5) is 34.1 Å². The van der Waals surface area contributed by atoms with Crippen molar-refractivity contribution in [2.45, 2.75) is 16.7 Å². The molecule has 0 amide bonds. The van der Waals surface area contributed by atoms with Gasteiger partial charge in [-0.1, -0.05) is 36.4 Å². The molecular formula is C29H24N4O6S2. The molecule has 0 aromatic heterocycles. The highest BCUT2D eigenvalue weighted by molar-refractivity contribution is 7.86. The molecule has 0 bridgehead atoms. The summed E-state index contributed by atoms with van der Waals surface area (Å²) in [6.45, 7) is 1.83. The molecule has 208 valence electrons. The third kappa shape index (κ3) is 6.42. The Hall–Kier alpha value is -4.62. The third-order valence-electron chi connectivity index (χ3n) is 6.20. The summed E-state index contributed by atoms with van der Waals surface area (Å²) in [5.74, 6) is 0. The van der Waals surface area contributed by atoms with E-state index >= 15 is 0 Å². The van der Waals surface area contributed by atoms with Gasteiger partial charge in [-0.25, -0.2) is 0 Å². The van der Waals surface area contributed by atoms with E-state index in [0.29, 0.717) is 33.5 Å². The second-order valence-corrected chi connectivity index (χ2v) is 11.9. The van der Waals surface area contributed by atoms with Crippen LogP contribution in [0.5, 0.6) is 0 Å².